The Hall–Kier alpha value is -1.78. The van der Waals surface area contributed by atoms with E-state index in [1.54, 1.807) is 18.4 Å². The first-order chi connectivity index (χ1) is 10.2. The van der Waals surface area contributed by atoms with Crippen LogP contribution in [-0.2, 0) is 6.54 Å². The number of hydrogen-bond acceptors (Lipinski definition) is 4. The van der Waals surface area contributed by atoms with E-state index in [1.807, 2.05) is 31.2 Å². The van der Waals surface area contributed by atoms with Gasteiger partial charge in [-0.3, -0.25) is 0 Å². The maximum atomic E-state index is 10.1. The zero-order valence-corrected chi connectivity index (χ0v) is 12.6. The molecule has 0 spiro atoms. The molecule has 4 nitrogen and oxygen atoms in total. The van der Waals surface area contributed by atoms with Gasteiger partial charge in [0.05, 0.1) is 12.9 Å². The molecule has 0 saturated carbocycles. The standard InChI is InChI=1S/C17H23NO3/c1-3-20-16-8-5-4-7-14(16)12-18-13(2)11-15(19)17-9-6-10-21-17/h4-10,13,15,18-19H,3,11-12H2,1-2H3. The molecule has 1 heterocycles. The largest absolute Gasteiger partial charge is 0.494 e. The molecule has 2 unspecified atom stereocenters. The third-order valence-corrected chi connectivity index (χ3v) is 3.36. The number of aliphatic hydroxyl groups excluding tert-OH is 1. The smallest absolute Gasteiger partial charge is 0.132 e. The molecule has 0 bridgehead atoms. The van der Waals surface area contributed by atoms with Crippen molar-refractivity contribution in [1.29, 1.82) is 0 Å². The van der Waals surface area contributed by atoms with Crippen LogP contribution in [0.4, 0.5) is 0 Å². The molecule has 0 amide bonds. The van der Waals surface area contributed by atoms with Crippen molar-refractivity contribution in [2.24, 2.45) is 0 Å². The monoisotopic (exact) mass is 289 g/mol. The molecule has 2 rings (SSSR count). The zero-order chi connectivity index (χ0) is 15.1. The molecular weight excluding hydrogens is 266 g/mol. The SMILES string of the molecule is CCOc1ccccc1CNC(C)CC(O)c1ccco1. The van der Waals surface area contributed by atoms with Gasteiger partial charge in [0.1, 0.15) is 17.6 Å². The Morgan fingerprint density at radius 3 is 2.76 bits per heavy atom. The lowest BCUT2D eigenvalue weighted by Gasteiger charge is -2.18. The molecular formula is C17H23NO3. The van der Waals surface area contributed by atoms with Crippen molar-refractivity contribution in [2.45, 2.75) is 39.0 Å². The highest BCUT2D eigenvalue weighted by molar-refractivity contribution is 5.33. The van der Waals surface area contributed by atoms with Crippen LogP contribution in [0, 0.1) is 0 Å². The van der Waals surface area contributed by atoms with Gasteiger partial charge >= 0.3 is 0 Å². The number of para-hydroxylation sites is 1. The van der Waals surface area contributed by atoms with E-state index in [4.69, 9.17) is 9.15 Å². The minimum atomic E-state index is -0.579. The molecule has 21 heavy (non-hydrogen) atoms. The Morgan fingerprint density at radius 1 is 1.24 bits per heavy atom. The molecule has 2 atom stereocenters. The number of benzene rings is 1. The van der Waals surface area contributed by atoms with Crippen LogP contribution >= 0.6 is 0 Å². The van der Waals surface area contributed by atoms with E-state index < -0.39 is 6.10 Å². The Balaban J connectivity index is 1.85. The average molecular weight is 289 g/mol. The normalized spacial score (nSPS) is 13.9. The second kappa shape index (κ2) is 7.86. The van der Waals surface area contributed by atoms with E-state index in [0.717, 1.165) is 11.3 Å². The van der Waals surface area contributed by atoms with Crippen LogP contribution in [0.1, 0.15) is 37.7 Å². The van der Waals surface area contributed by atoms with Gasteiger partial charge in [0.25, 0.3) is 0 Å². The van der Waals surface area contributed by atoms with Gasteiger partial charge in [0, 0.05) is 18.2 Å². The highest BCUT2D eigenvalue weighted by atomic mass is 16.5. The third kappa shape index (κ3) is 4.62. The maximum Gasteiger partial charge on any atom is 0.132 e. The van der Waals surface area contributed by atoms with E-state index in [-0.39, 0.29) is 6.04 Å². The van der Waals surface area contributed by atoms with E-state index in [1.165, 1.54) is 0 Å². The first-order valence-corrected chi connectivity index (χ1v) is 7.36. The molecule has 0 fully saturated rings. The van der Waals surface area contributed by atoms with Crippen LogP contribution in [-0.4, -0.2) is 17.8 Å². The molecule has 0 aliphatic rings. The number of rotatable bonds is 8. The van der Waals surface area contributed by atoms with Crippen molar-refractivity contribution in [3.63, 3.8) is 0 Å². The van der Waals surface area contributed by atoms with Gasteiger partial charge in [0.15, 0.2) is 0 Å². The van der Waals surface area contributed by atoms with Gasteiger partial charge in [-0.05, 0) is 38.5 Å². The van der Waals surface area contributed by atoms with Gasteiger partial charge in [-0.1, -0.05) is 18.2 Å². The molecule has 0 radical (unpaired) electrons. The number of nitrogens with one attached hydrogen (secondary N) is 1. The lowest BCUT2D eigenvalue weighted by molar-refractivity contribution is 0.128. The van der Waals surface area contributed by atoms with Crippen molar-refractivity contribution in [2.75, 3.05) is 6.61 Å². The summed E-state index contributed by atoms with van der Waals surface area (Å²) in [6.07, 6.45) is 1.60. The first kappa shape index (κ1) is 15.6. The van der Waals surface area contributed by atoms with E-state index in [9.17, 15) is 5.11 Å². The summed E-state index contributed by atoms with van der Waals surface area (Å²) in [7, 11) is 0. The van der Waals surface area contributed by atoms with Gasteiger partial charge in [-0.2, -0.15) is 0 Å². The highest BCUT2D eigenvalue weighted by Gasteiger charge is 2.14. The van der Waals surface area contributed by atoms with E-state index >= 15 is 0 Å². The summed E-state index contributed by atoms with van der Waals surface area (Å²) < 4.78 is 10.8. The van der Waals surface area contributed by atoms with Crippen LogP contribution in [0.3, 0.4) is 0 Å². The Bertz CT molecular complexity index is 525. The summed E-state index contributed by atoms with van der Waals surface area (Å²) in [5, 5.41) is 13.5. The van der Waals surface area contributed by atoms with Crippen LogP contribution in [0.15, 0.2) is 47.1 Å². The zero-order valence-electron chi connectivity index (χ0n) is 12.6. The fourth-order valence-corrected chi connectivity index (χ4v) is 2.25. The minimum absolute atomic E-state index is 0.166. The lowest BCUT2D eigenvalue weighted by Crippen LogP contribution is -2.27. The molecule has 114 valence electrons. The predicted octanol–water partition coefficient (Wildman–Crippen LogP) is 3.28. The summed E-state index contributed by atoms with van der Waals surface area (Å²) in [6.45, 7) is 5.40. The second-order valence-electron chi connectivity index (χ2n) is 5.09. The lowest BCUT2D eigenvalue weighted by atomic mass is 10.1. The van der Waals surface area contributed by atoms with Crippen molar-refractivity contribution in [3.8, 4) is 5.75 Å². The molecule has 2 aromatic rings. The fourth-order valence-electron chi connectivity index (χ4n) is 2.25. The number of aliphatic hydroxyl groups is 1. The molecule has 1 aromatic carbocycles. The van der Waals surface area contributed by atoms with Gasteiger partial charge in [-0.25, -0.2) is 0 Å². The molecule has 0 saturated heterocycles. The first-order valence-electron chi connectivity index (χ1n) is 7.36. The van der Waals surface area contributed by atoms with Crippen molar-refractivity contribution >= 4 is 0 Å². The van der Waals surface area contributed by atoms with E-state index in [2.05, 4.69) is 12.2 Å². The third-order valence-electron chi connectivity index (χ3n) is 3.36. The minimum Gasteiger partial charge on any atom is -0.494 e. The molecule has 0 aliphatic heterocycles. The topological polar surface area (TPSA) is 54.6 Å². The van der Waals surface area contributed by atoms with Gasteiger partial charge in [-0.15, -0.1) is 0 Å². The average Bonchev–Trinajstić information content (AvgIpc) is 3.01. The quantitative estimate of drug-likeness (QED) is 0.783. The maximum absolute atomic E-state index is 10.1. The van der Waals surface area contributed by atoms with Gasteiger partial charge < -0.3 is 19.6 Å². The van der Waals surface area contributed by atoms with Crippen LogP contribution in [0.5, 0.6) is 5.75 Å². The summed E-state index contributed by atoms with van der Waals surface area (Å²) in [4.78, 5) is 0. The van der Waals surface area contributed by atoms with Crippen molar-refractivity contribution in [1.82, 2.24) is 5.32 Å². The van der Waals surface area contributed by atoms with Crippen LogP contribution in [0.2, 0.25) is 0 Å². The highest BCUT2D eigenvalue weighted by Crippen LogP contribution is 2.20. The number of ether oxygens (including phenoxy) is 1. The number of furan rings is 1. The summed E-state index contributed by atoms with van der Waals surface area (Å²) in [6, 6.07) is 11.7. The van der Waals surface area contributed by atoms with Gasteiger partial charge in [0.2, 0.25) is 0 Å². The van der Waals surface area contributed by atoms with Crippen LogP contribution < -0.4 is 10.1 Å². The Kier molecular flexibility index (Phi) is 5.84. The molecule has 2 N–H and O–H groups in total. The Morgan fingerprint density at radius 2 is 2.05 bits per heavy atom. The van der Waals surface area contributed by atoms with Crippen LogP contribution in [0.25, 0.3) is 0 Å². The number of hydrogen-bond donors (Lipinski definition) is 2. The van der Waals surface area contributed by atoms with Crippen molar-refractivity contribution in [3.05, 3.63) is 54.0 Å². The second-order valence-corrected chi connectivity index (χ2v) is 5.09. The van der Waals surface area contributed by atoms with E-state index in [0.29, 0.717) is 25.3 Å². The predicted molar refractivity (Wildman–Crippen MR) is 82.2 cm³/mol. The summed E-state index contributed by atoms with van der Waals surface area (Å²) in [5.74, 6) is 1.52. The molecule has 4 heteroatoms. The Labute approximate surface area is 125 Å². The summed E-state index contributed by atoms with van der Waals surface area (Å²) >= 11 is 0. The summed E-state index contributed by atoms with van der Waals surface area (Å²) in [5.41, 5.74) is 1.12. The fraction of sp³-hybridized carbons (Fsp3) is 0.412. The molecule has 0 aliphatic carbocycles. The molecule has 1 aromatic heterocycles. The van der Waals surface area contributed by atoms with Crippen molar-refractivity contribution < 1.29 is 14.3 Å².